The summed E-state index contributed by atoms with van der Waals surface area (Å²) < 4.78 is 4.73. The van der Waals surface area contributed by atoms with E-state index in [1.165, 1.54) is 0 Å². The Hall–Kier alpha value is -1.01. The first-order valence-electron chi connectivity index (χ1n) is 3.88. The van der Waals surface area contributed by atoms with Crippen LogP contribution in [-0.2, 0) is 11.2 Å². The molecule has 0 unspecified atom stereocenters. The second-order valence-electron chi connectivity index (χ2n) is 2.20. The number of carbonyl (C=O) groups is 1. The van der Waals surface area contributed by atoms with Gasteiger partial charge >= 0.3 is 5.97 Å². The van der Waals surface area contributed by atoms with Gasteiger partial charge in [-0.1, -0.05) is 11.3 Å². The summed E-state index contributed by atoms with van der Waals surface area (Å²) in [5, 5.41) is 16.8. The Kier molecular flexibility index (Phi) is 3.78. The lowest BCUT2D eigenvalue weighted by Crippen LogP contribution is -2.03. The Labute approximate surface area is 79.4 Å². The van der Waals surface area contributed by atoms with Crippen LogP contribution >= 0.6 is 11.3 Å². The molecule has 0 aliphatic carbocycles. The van der Waals surface area contributed by atoms with Gasteiger partial charge in [0.25, 0.3) is 0 Å². The van der Waals surface area contributed by atoms with E-state index < -0.39 is 5.97 Å². The summed E-state index contributed by atoms with van der Waals surface area (Å²) in [6, 6.07) is 0. The summed E-state index contributed by atoms with van der Waals surface area (Å²) in [6.45, 7) is 2.07. The van der Waals surface area contributed by atoms with Crippen molar-refractivity contribution in [2.45, 2.75) is 13.3 Å². The Morgan fingerprint density at radius 1 is 1.62 bits per heavy atom. The quantitative estimate of drug-likeness (QED) is 0.708. The minimum atomic E-state index is -0.454. The van der Waals surface area contributed by atoms with Crippen molar-refractivity contribution < 1.29 is 14.6 Å². The second kappa shape index (κ2) is 4.88. The van der Waals surface area contributed by atoms with E-state index in [1.807, 2.05) is 0 Å². The summed E-state index contributed by atoms with van der Waals surface area (Å²) >= 11 is 1.15. The van der Waals surface area contributed by atoms with E-state index in [0.29, 0.717) is 18.0 Å². The molecule has 0 saturated heterocycles. The van der Waals surface area contributed by atoms with E-state index >= 15 is 0 Å². The largest absolute Gasteiger partial charge is 0.461 e. The van der Waals surface area contributed by atoms with Crippen LogP contribution in [0.1, 0.15) is 21.7 Å². The lowest BCUT2D eigenvalue weighted by atomic mass is 10.5. The Balaban J connectivity index is 2.62. The molecule has 0 radical (unpaired) electrons. The van der Waals surface area contributed by atoms with Crippen LogP contribution in [0.3, 0.4) is 0 Å². The third-order valence-corrected chi connectivity index (χ3v) is 2.21. The third kappa shape index (κ3) is 2.74. The fourth-order valence-electron chi connectivity index (χ4n) is 0.726. The van der Waals surface area contributed by atoms with E-state index in [1.54, 1.807) is 6.92 Å². The predicted octanol–water partition coefficient (Wildman–Crippen LogP) is 0.250. The zero-order chi connectivity index (χ0) is 9.68. The molecule has 0 amide bonds. The fraction of sp³-hybridized carbons (Fsp3) is 0.571. The summed E-state index contributed by atoms with van der Waals surface area (Å²) in [4.78, 5) is 11.1. The molecule has 0 aliphatic rings. The molecule has 0 aliphatic heterocycles. The molecule has 5 nitrogen and oxygen atoms in total. The first kappa shape index (κ1) is 10.1. The van der Waals surface area contributed by atoms with Gasteiger partial charge in [-0.3, -0.25) is 0 Å². The van der Waals surface area contributed by atoms with Gasteiger partial charge in [-0.2, -0.15) is 0 Å². The molecular weight excluding hydrogens is 192 g/mol. The van der Waals surface area contributed by atoms with Gasteiger partial charge in [-0.15, -0.1) is 10.2 Å². The minimum Gasteiger partial charge on any atom is -0.461 e. The zero-order valence-electron chi connectivity index (χ0n) is 7.19. The SMILES string of the molecule is CCOC(=O)c1nnc(CCO)s1. The normalized spacial score (nSPS) is 10.0. The van der Waals surface area contributed by atoms with Crippen molar-refractivity contribution in [2.75, 3.05) is 13.2 Å². The average Bonchev–Trinajstić information content (AvgIpc) is 2.54. The summed E-state index contributed by atoms with van der Waals surface area (Å²) in [7, 11) is 0. The van der Waals surface area contributed by atoms with Gasteiger partial charge in [0.15, 0.2) is 0 Å². The Bertz CT molecular complexity index is 287. The molecule has 1 aromatic rings. The maximum Gasteiger partial charge on any atom is 0.369 e. The van der Waals surface area contributed by atoms with Gasteiger partial charge < -0.3 is 9.84 Å². The predicted molar refractivity (Wildman–Crippen MR) is 46.7 cm³/mol. The monoisotopic (exact) mass is 202 g/mol. The van der Waals surface area contributed by atoms with Gasteiger partial charge in [0, 0.05) is 13.0 Å². The van der Waals surface area contributed by atoms with Crippen LogP contribution in [0.15, 0.2) is 0 Å². The maximum absolute atomic E-state index is 11.1. The fourth-order valence-corrected chi connectivity index (χ4v) is 1.45. The van der Waals surface area contributed by atoms with Crippen LogP contribution in [-0.4, -0.2) is 34.5 Å². The lowest BCUT2D eigenvalue weighted by molar-refractivity contribution is 0.0525. The molecule has 0 atom stereocenters. The first-order valence-corrected chi connectivity index (χ1v) is 4.70. The minimum absolute atomic E-state index is 0.0114. The van der Waals surface area contributed by atoms with Gasteiger partial charge in [-0.25, -0.2) is 4.79 Å². The molecule has 1 aromatic heterocycles. The second-order valence-corrected chi connectivity index (χ2v) is 3.26. The Morgan fingerprint density at radius 2 is 2.38 bits per heavy atom. The van der Waals surface area contributed by atoms with Gasteiger partial charge in [0.05, 0.1) is 6.61 Å². The van der Waals surface area contributed by atoms with Crippen molar-refractivity contribution in [3.8, 4) is 0 Å². The maximum atomic E-state index is 11.1. The van der Waals surface area contributed by atoms with Crippen LogP contribution in [0.2, 0.25) is 0 Å². The number of carbonyl (C=O) groups excluding carboxylic acids is 1. The molecule has 0 fully saturated rings. The van der Waals surface area contributed by atoms with E-state index in [2.05, 4.69) is 10.2 Å². The average molecular weight is 202 g/mol. The molecule has 13 heavy (non-hydrogen) atoms. The molecule has 0 bridgehead atoms. The first-order chi connectivity index (χ1) is 6.27. The molecule has 0 saturated carbocycles. The van der Waals surface area contributed by atoms with Crippen LogP contribution in [0, 0.1) is 0 Å². The summed E-state index contributed by atoms with van der Waals surface area (Å²) in [6.07, 6.45) is 0.428. The van der Waals surface area contributed by atoms with Crippen molar-refractivity contribution in [2.24, 2.45) is 0 Å². The van der Waals surface area contributed by atoms with Gasteiger partial charge in [0.1, 0.15) is 5.01 Å². The van der Waals surface area contributed by atoms with Crippen LogP contribution < -0.4 is 0 Å². The number of aliphatic hydroxyl groups is 1. The highest BCUT2D eigenvalue weighted by Gasteiger charge is 2.12. The molecule has 1 heterocycles. The van der Waals surface area contributed by atoms with Gasteiger partial charge in [0.2, 0.25) is 5.01 Å². The van der Waals surface area contributed by atoms with Crippen LogP contribution in [0.25, 0.3) is 0 Å². The number of hydrogen-bond acceptors (Lipinski definition) is 6. The lowest BCUT2D eigenvalue weighted by Gasteiger charge is -1.94. The number of rotatable bonds is 4. The Morgan fingerprint density at radius 3 is 3.00 bits per heavy atom. The van der Waals surface area contributed by atoms with E-state index in [-0.39, 0.29) is 11.6 Å². The van der Waals surface area contributed by atoms with Gasteiger partial charge in [-0.05, 0) is 6.92 Å². The molecule has 0 aromatic carbocycles. The van der Waals surface area contributed by atoms with Crippen molar-refractivity contribution in [1.82, 2.24) is 10.2 Å². The number of ether oxygens (including phenoxy) is 1. The highest BCUT2D eigenvalue weighted by Crippen LogP contribution is 2.10. The number of hydrogen-bond donors (Lipinski definition) is 1. The molecule has 6 heteroatoms. The highest BCUT2D eigenvalue weighted by atomic mass is 32.1. The number of aliphatic hydroxyl groups excluding tert-OH is 1. The number of esters is 1. The number of nitrogens with zero attached hydrogens (tertiary/aromatic N) is 2. The van der Waals surface area contributed by atoms with Crippen LogP contribution in [0.5, 0.6) is 0 Å². The van der Waals surface area contributed by atoms with E-state index in [4.69, 9.17) is 9.84 Å². The summed E-state index contributed by atoms with van der Waals surface area (Å²) in [5.41, 5.74) is 0. The van der Waals surface area contributed by atoms with Crippen molar-refractivity contribution in [3.63, 3.8) is 0 Å². The smallest absolute Gasteiger partial charge is 0.369 e. The topological polar surface area (TPSA) is 72.3 Å². The highest BCUT2D eigenvalue weighted by molar-refractivity contribution is 7.13. The van der Waals surface area contributed by atoms with Crippen molar-refractivity contribution >= 4 is 17.3 Å². The molecular formula is C7H10N2O3S. The van der Waals surface area contributed by atoms with Crippen molar-refractivity contribution in [1.29, 1.82) is 0 Å². The van der Waals surface area contributed by atoms with Crippen molar-refractivity contribution in [3.05, 3.63) is 10.0 Å². The number of aromatic nitrogens is 2. The molecule has 1 N–H and O–H groups in total. The molecule has 1 rings (SSSR count). The van der Waals surface area contributed by atoms with E-state index in [9.17, 15) is 4.79 Å². The van der Waals surface area contributed by atoms with Crippen LogP contribution in [0.4, 0.5) is 0 Å². The molecule has 0 spiro atoms. The standard InChI is InChI=1S/C7H10N2O3S/c1-2-12-7(11)6-9-8-5(13-6)3-4-10/h10H,2-4H2,1H3. The van der Waals surface area contributed by atoms with E-state index in [0.717, 1.165) is 11.3 Å². The molecule has 72 valence electrons. The zero-order valence-corrected chi connectivity index (χ0v) is 8.00. The summed E-state index contributed by atoms with van der Waals surface area (Å²) in [5.74, 6) is -0.454. The third-order valence-electron chi connectivity index (χ3n) is 1.24.